The number of amides is 1. The van der Waals surface area contributed by atoms with Crippen LogP contribution in [-0.2, 0) is 4.79 Å². The highest BCUT2D eigenvalue weighted by molar-refractivity contribution is 6.42. The van der Waals surface area contributed by atoms with Crippen molar-refractivity contribution in [3.05, 3.63) is 27.7 Å². The van der Waals surface area contributed by atoms with E-state index in [9.17, 15) is 15.0 Å². The van der Waals surface area contributed by atoms with Crippen molar-refractivity contribution in [2.45, 2.75) is 37.8 Å². The number of halogens is 2. The summed E-state index contributed by atoms with van der Waals surface area (Å²) in [5.74, 6) is 0.137. The van der Waals surface area contributed by atoms with Gasteiger partial charge in [-0.1, -0.05) is 23.2 Å². The van der Waals surface area contributed by atoms with Crippen molar-refractivity contribution in [3.8, 4) is 5.75 Å². The molecule has 5 nitrogen and oxygen atoms in total. The van der Waals surface area contributed by atoms with E-state index in [2.05, 4.69) is 0 Å². The number of β-amino-alcohol motifs (C(OH)–C–C–N with tert-alkyl or cyclic N) is 1. The fourth-order valence-electron chi connectivity index (χ4n) is 3.86. The topological polar surface area (TPSA) is 64.0 Å². The predicted molar refractivity (Wildman–Crippen MR) is 93.7 cm³/mol. The third-order valence-electron chi connectivity index (χ3n) is 4.69. The first-order valence-electron chi connectivity index (χ1n) is 8.07. The van der Waals surface area contributed by atoms with Gasteiger partial charge in [-0.05, 0) is 32.4 Å². The van der Waals surface area contributed by atoms with Gasteiger partial charge in [-0.3, -0.25) is 9.69 Å². The third-order valence-corrected chi connectivity index (χ3v) is 5.51. The van der Waals surface area contributed by atoms with E-state index < -0.39 is 5.60 Å². The summed E-state index contributed by atoms with van der Waals surface area (Å²) in [5, 5.41) is 21.0. The molecule has 24 heavy (non-hydrogen) atoms. The lowest BCUT2D eigenvalue weighted by Gasteiger charge is -2.39. The van der Waals surface area contributed by atoms with Crippen LogP contribution >= 0.6 is 23.2 Å². The molecule has 2 aliphatic rings. The van der Waals surface area contributed by atoms with Crippen LogP contribution in [0.25, 0.3) is 0 Å². The van der Waals surface area contributed by atoms with E-state index in [-0.39, 0.29) is 23.6 Å². The first-order chi connectivity index (χ1) is 11.2. The molecular weight excluding hydrogens is 351 g/mol. The molecule has 132 valence electrons. The number of aromatic hydroxyl groups is 1. The van der Waals surface area contributed by atoms with Gasteiger partial charge in [-0.2, -0.15) is 0 Å². The number of piperazine rings is 1. The van der Waals surface area contributed by atoms with Crippen LogP contribution in [-0.4, -0.2) is 63.7 Å². The van der Waals surface area contributed by atoms with Crippen LogP contribution in [0.4, 0.5) is 0 Å². The largest absolute Gasteiger partial charge is 0.508 e. The number of aliphatic hydroxyl groups is 1. The van der Waals surface area contributed by atoms with E-state index in [4.69, 9.17) is 23.2 Å². The van der Waals surface area contributed by atoms with E-state index in [1.807, 2.05) is 9.80 Å². The molecule has 7 heteroatoms. The summed E-state index contributed by atoms with van der Waals surface area (Å²) in [6, 6.07) is 3.18. The van der Waals surface area contributed by atoms with Gasteiger partial charge in [0, 0.05) is 37.2 Å². The molecule has 0 aromatic heterocycles. The number of hydrogen-bond acceptors (Lipinski definition) is 4. The minimum atomic E-state index is -0.838. The summed E-state index contributed by atoms with van der Waals surface area (Å²) in [5.41, 5.74) is -0.213. The molecule has 0 saturated carbocycles. The Hall–Kier alpha value is -1.01. The zero-order valence-electron chi connectivity index (χ0n) is 13.8. The normalized spacial score (nSPS) is 25.2. The molecule has 3 rings (SSSR count). The second kappa shape index (κ2) is 6.37. The van der Waals surface area contributed by atoms with Crippen molar-refractivity contribution < 1.29 is 15.0 Å². The lowest BCUT2D eigenvalue weighted by atomic mass is 9.95. The van der Waals surface area contributed by atoms with Crippen molar-refractivity contribution in [2.75, 3.05) is 26.2 Å². The molecule has 0 aliphatic carbocycles. The molecule has 0 bridgehead atoms. The van der Waals surface area contributed by atoms with E-state index in [0.29, 0.717) is 41.8 Å². The molecule has 2 aliphatic heterocycles. The summed E-state index contributed by atoms with van der Waals surface area (Å²) in [6.45, 7) is 5.49. The number of phenols is 1. The highest BCUT2D eigenvalue weighted by Crippen LogP contribution is 2.43. The SMILES string of the molecule is CC(C)(O)CN1CC(=O)N2C[C@@H](c3c(O)ccc(Cl)c3Cl)C[C@H]2C1. The average Bonchev–Trinajstić information content (AvgIpc) is 2.85. The van der Waals surface area contributed by atoms with Gasteiger partial charge in [0.15, 0.2) is 0 Å². The Morgan fingerprint density at radius 3 is 2.67 bits per heavy atom. The highest BCUT2D eigenvalue weighted by Gasteiger charge is 2.42. The van der Waals surface area contributed by atoms with Gasteiger partial charge in [0.25, 0.3) is 0 Å². The molecule has 2 saturated heterocycles. The molecule has 1 aromatic carbocycles. The molecule has 0 unspecified atom stereocenters. The number of carbonyl (C=O) groups is 1. The Morgan fingerprint density at radius 2 is 2.00 bits per heavy atom. The van der Waals surface area contributed by atoms with E-state index in [1.165, 1.54) is 0 Å². The molecule has 0 radical (unpaired) electrons. The van der Waals surface area contributed by atoms with Gasteiger partial charge in [0.1, 0.15) is 5.75 Å². The number of fused-ring (bicyclic) bond motifs is 1. The van der Waals surface area contributed by atoms with E-state index in [1.54, 1.807) is 26.0 Å². The number of benzene rings is 1. The van der Waals surface area contributed by atoms with Gasteiger partial charge in [-0.15, -0.1) is 0 Å². The van der Waals surface area contributed by atoms with Crippen LogP contribution in [0.3, 0.4) is 0 Å². The van der Waals surface area contributed by atoms with Crippen molar-refractivity contribution in [1.82, 2.24) is 9.80 Å². The maximum Gasteiger partial charge on any atom is 0.237 e. The van der Waals surface area contributed by atoms with Crippen LogP contribution in [0.15, 0.2) is 12.1 Å². The first-order valence-corrected chi connectivity index (χ1v) is 8.82. The summed E-state index contributed by atoms with van der Waals surface area (Å²) in [4.78, 5) is 16.3. The molecular formula is C17H22Cl2N2O3. The average molecular weight is 373 g/mol. The van der Waals surface area contributed by atoms with Crippen molar-refractivity contribution in [3.63, 3.8) is 0 Å². The summed E-state index contributed by atoms with van der Waals surface area (Å²) < 4.78 is 0. The summed E-state index contributed by atoms with van der Waals surface area (Å²) >= 11 is 12.4. The standard InChI is InChI=1S/C17H22Cl2N2O3/c1-17(2,24)9-20-7-11-5-10(6-21(11)14(23)8-20)15-13(22)4-3-12(18)16(15)19/h3-4,10-11,22,24H,5-9H2,1-2H3/t10-,11-/m0/s1. The number of nitrogens with zero attached hydrogens (tertiary/aromatic N) is 2. The van der Waals surface area contributed by atoms with Crippen LogP contribution in [0.2, 0.25) is 10.0 Å². The zero-order chi connectivity index (χ0) is 17.6. The van der Waals surface area contributed by atoms with Crippen LogP contribution in [0.1, 0.15) is 31.7 Å². The minimum Gasteiger partial charge on any atom is -0.508 e. The first kappa shape index (κ1) is 17.8. The lowest BCUT2D eigenvalue weighted by Crippen LogP contribution is -2.56. The molecule has 1 aromatic rings. The van der Waals surface area contributed by atoms with Crippen molar-refractivity contribution in [2.24, 2.45) is 0 Å². The quantitative estimate of drug-likeness (QED) is 0.855. The molecule has 2 heterocycles. The maximum atomic E-state index is 12.5. The Bertz CT molecular complexity index is 660. The van der Waals surface area contributed by atoms with Gasteiger partial charge < -0.3 is 15.1 Å². The predicted octanol–water partition coefficient (Wildman–Crippen LogP) is 2.47. The van der Waals surface area contributed by atoms with Gasteiger partial charge in [0.2, 0.25) is 5.91 Å². The molecule has 2 N–H and O–H groups in total. The molecule has 0 spiro atoms. The molecule has 1 amide bonds. The Kier molecular flexibility index (Phi) is 4.73. The fraction of sp³-hybridized carbons (Fsp3) is 0.588. The minimum absolute atomic E-state index is 0.0350. The smallest absolute Gasteiger partial charge is 0.237 e. The second-order valence-corrected chi connectivity index (χ2v) is 8.19. The van der Waals surface area contributed by atoms with Gasteiger partial charge in [0.05, 0.1) is 22.2 Å². The van der Waals surface area contributed by atoms with Crippen molar-refractivity contribution in [1.29, 1.82) is 0 Å². The summed E-state index contributed by atoms with van der Waals surface area (Å²) in [6.07, 6.45) is 0.724. The van der Waals surface area contributed by atoms with Gasteiger partial charge >= 0.3 is 0 Å². The Morgan fingerprint density at radius 1 is 1.29 bits per heavy atom. The highest BCUT2D eigenvalue weighted by atomic mass is 35.5. The third kappa shape index (κ3) is 3.49. The molecule has 2 atom stereocenters. The van der Waals surface area contributed by atoms with E-state index >= 15 is 0 Å². The summed E-state index contributed by atoms with van der Waals surface area (Å²) in [7, 11) is 0. The number of phenolic OH excluding ortho intramolecular Hbond substituents is 1. The Balaban J connectivity index is 1.80. The second-order valence-electron chi connectivity index (χ2n) is 7.41. The van der Waals surface area contributed by atoms with Crippen LogP contribution < -0.4 is 0 Å². The molecule has 2 fully saturated rings. The lowest BCUT2D eigenvalue weighted by molar-refractivity contribution is -0.138. The number of hydrogen-bond donors (Lipinski definition) is 2. The maximum absolute atomic E-state index is 12.5. The van der Waals surface area contributed by atoms with Crippen molar-refractivity contribution >= 4 is 29.1 Å². The number of rotatable bonds is 3. The monoisotopic (exact) mass is 372 g/mol. The number of carbonyl (C=O) groups excluding carboxylic acids is 1. The van der Waals surface area contributed by atoms with Gasteiger partial charge in [-0.25, -0.2) is 0 Å². The zero-order valence-corrected chi connectivity index (χ0v) is 15.3. The van der Waals surface area contributed by atoms with Crippen LogP contribution in [0.5, 0.6) is 5.75 Å². The van der Waals surface area contributed by atoms with E-state index in [0.717, 1.165) is 6.42 Å². The van der Waals surface area contributed by atoms with Crippen LogP contribution in [0, 0.1) is 0 Å². The Labute approximate surface area is 151 Å². The fourth-order valence-corrected chi connectivity index (χ4v) is 4.34.